The molecular formula is C12H19N3O3S. The van der Waals surface area contributed by atoms with E-state index in [0.29, 0.717) is 22.6 Å². The lowest BCUT2D eigenvalue weighted by Crippen LogP contribution is -2.38. The highest BCUT2D eigenvalue weighted by atomic mass is 32.2. The quantitative estimate of drug-likeness (QED) is 0.654. The zero-order valence-electron chi connectivity index (χ0n) is 11.6. The van der Waals surface area contributed by atoms with E-state index in [1.807, 2.05) is 0 Å². The molecule has 0 radical (unpaired) electrons. The third-order valence-corrected chi connectivity index (χ3v) is 4.25. The number of aromatic nitrogens is 1. The summed E-state index contributed by atoms with van der Waals surface area (Å²) < 4.78 is 12.0. The Morgan fingerprint density at radius 2 is 2.05 bits per heavy atom. The molecule has 0 aliphatic heterocycles. The van der Waals surface area contributed by atoms with E-state index < -0.39 is 21.3 Å². The van der Waals surface area contributed by atoms with Crippen molar-refractivity contribution in [2.45, 2.75) is 39.0 Å². The van der Waals surface area contributed by atoms with Crippen LogP contribution in [-0.4, -0.2) is 25.4 Å². The second-order valence-electron chi connectivity index (χ2n) is 5.34. The predicted molar refractivity (Wildman–Crippen MR) is 75.3 cm³/mol. The van der Waals surface area contributed by atoms with Crippen LogP contribution in [0.25, 0.3) is 0 Å². The van der Waals surface area contributed by atoms with Crippen LogP contribution >= 0.6 is 0 Å². The normalized spacial score (nSPS) is 13.3. The van der Waals surface area contributed by atoms with Crippen molar-refractivity contribution >= 4 is 16.5 Å². The molecule has 106 valence electrons. The van der Waals surface area contributed by atoms with Gasteiger partial charge in [-0.15, -0.1) is 0 Å². The molecule has 19 heavy (non-hydrogen) atoms. The predicted octanol–water partition coefficient (Wildman–Crippen LogP) is 1.59. The first-order chi connectivity index (χ1) is 8.61. The SMILES string of the molecule is Cc1cnc(CS(=O)CC(C)(C)N)c(C)c1[N+](=O)[O-]. The van der Waals surface area contributed by atoms with Crippen molar-refractivity contribution in [1.29, 1.82) is 0 Å². The van der Waals surface area contributed by atoms with Gasteiger partial charge in [0.15, 0.2) is 0 Å². The van der Waals surface area contributed by atoms with Gasteiger partial charge in [-0.3, -0.25) is 19.3 Å². The van der Waals surface area contributed by atoms with Gasteiger partial charge < -0.3 is 5.73 Å². The molecule has 2 N–H and O–H groups in total. The number of hydrogen-bond acceptors (Lipinski definition) is 5. The van der Waals surface area contributed by atoms with Crippen LogP contribution in [0, 0.1) is 24.0 Å². The average molecular weight is 285 g/mol. The Morgan fingerprint density at radius 1 is 1.47 bits per heavy atom. The maximum absolute atomic E-state index is 12.0. The number of rotatable bonds is 5. The third-order valence-electron chi connectivity index (χ3n) is 2.59. The lowest BCUT2D eigenvalue weighted by atomic mass is 10.1. The summed E-state index contributed by atoms with van der Waals surface area (Å²) >= 11 is 0. The Balaban J connectivity index is 3.01. The first-order valence-corrected chi connectivity index (χ1v) is 7.34. The summed E-state index contributed by atoms with van der Waals surface area (Å²) in [6.07, 6.45) is 1.45. The maximum Gasteiger partial charge on any atom is 0.278 e. The smallest absolute Gasteiger partial charge is 0.278 e. The zero-order valence-corrected chi connectivity index (χ0v) is 12.4. The fourth-order valence-corrected chi connectivity index (χ4v) is 3.34. The molecule has 0 aliphatic carbocycles. The minimum atomic E-state index is -1.19. The van der Waals surface area contributed by atoms with E-state index in [2.05, 4.69) is 4.98 Å². The van der Waals surface area contributed by atoms with Crippen LogP contribution in [0.15, 0.2) is 6.20 Å². The Labute approximate surface area is 115 Å². The highest BCUT2D eigenvalue weighted by molar-refractivity contribution is 7.84. The molecule has 1 aromatic heterocycles. The molecular weight excluding hydrogens is 266 g/mol. The molecule has 1 aromatic rings. The summed E-state index contributed by atoms with van der Waals surface area (Å²) in [6, 6.07) is 0. The molecule has 0 aliphatic rings. The molecule has 0 bridgehead atoms. The van der Waals surface area contributed by atoms with E-state index in [1.165, 1.54) is 6.20 Å². The van der Waals surface area contributed by atoms with Gasteiger partial charge in [-0.25, -0.2) is 0 Å². The number of aryl methyl sites for hydroxylation is 1. The molecule has 0 spiro atoms. The molecule has 0 aromatic carbocycles. The lowest BCUT2D eigenvalue weighted by molar-refractivity contribution is -0.386. The molecule has 1 heterocycles. The number of pyridine rings is 1. The summed E-state index contributed by atoms with van der Waals surface area (Å²) in [5.41, 5.74) is 6.82. The Bertz CT molecular complexity index is 524. The van der Waals surface area contributed by atoms with E-state index in [0.717, 1.165) is 0 Å². The summed E-state index contributed by atoms with van der Waals surface area (Å²) in [6.45, 7) is 6.87. The monoisotopic (exact) mass is 285 g/mol. The molecule has 0 amide bonds. The molecule has 0 fully saturated rings. The Hall–Kier alpha value is -1.34. The molecule has 1 rings (SSSR count). The topological polar surface area (TPSA) is 99.1 Å². The molecule has 7 heteroatoms. The van der Waals surface area contributed by atoms with Crippen LogP contribution in [0.3, 0.4) is 0 Å². The van der Waals surface area contributed by atoms with Crippen molar-refractivity contribution < 1.29 is 9.13 Å². The van der Waals surface area contributed by atoms with Crippen LogP contribution < -0.4 is 5.73 Å². The minimum absolute atomic E-state index is 0.0500. The van der Waals surface area contributed by atoms with Gasteiger partial charge >= 0.3 is 0 Å². The largest absolute Gasteiger partial charge is 0.325 e. The maximum atomic E-state index is 12.0. The van der Waals surface area contributed by atoms with E-state index in [4.69, 9.17) is 5.73 Å². The highest BCUT2D eigenvalue weighted by Crippen LogP contribution is 2.24. The number of nitrogens with zero attached hydrogens (tertiary/aromatic N) is 2. The van der Waals surface area contributed by atoms with Gasteiger partial charge in [0.2, 0.25) is 0 Å². The van der Waals surface area contributed by atoms with Crippen molar-refractivity contribution in [3.05, 3.63) is 33.1 Å². The van der Waals surface area contributed by atoms with Gasteiger partial charge in [0.1, 0.15) is 0 Å². The Morgan fingerprint density at radius 3 is 2.53 bits per heavy atom. The first kappa shape index (κ1) is 15.7. The standard InChI is InChI=1S/C12H19N3O3S/c1-8-5-14-10(9(2)11(8)15(16)17)6-19(18)7-12(3,4)13/h5H,6-7,13H2,1-4H3. The van der Waals surface area contributed by atoms with E-state index in [-0.39, 0.29) is 11.4 Å². The van der Waals surface area contributed by atoms with Crippen LogP contribution in [0.4, 0.5) is 5.69 Å². The molecule has 1 atom stereocenters. The van der Waals surface area contributed by atoms with Gasteiger partial charge in [-0.2, -0.15) is 0 Å². The van der Waals surface area contributed by atoms with Gasteiger partial charge in [-0.1, -0.05) is 0 Å². The number of nitro groups is 1. The van der Waals surface area contributed by atoms with Crippen molar-refractivity contribution in [2.75, 3.05) is 5.75 Å². The second kappa shape index (κ2) is 5.75. The van der Waals surface area contributed by atoms with Crippen LogP contribution in [0.2, 0.25) is 0 Å². The van der Waals surface area contributed by atoms with Gasteiger partial charge in [-0.05, 0) is 27.7 Å². The summed E-state index contributed by atoms with van der Waals surface area (Å²) in [4.78, 5) is 14.7. The molecule has 0 saturated carbocycles. The molecule has 0 saturated heterocycles. The summed E-state index contributed by atoms with van der Waals surface area (Å²) in [5, 5.41) is 11.0. The lowest BCUT2D eigenvalue weighted by Gasteiger charge is -2.17. The van der Waals surface area contributed by atoms with Crippen molar-refractivity contribution in [2.24, 2.45) is 5.73 Å². The second-order valence-corrected chi connectivity index (χ2v) is 6.79. The van der Waals surface area contributed by atoms with E-state index >= 15 is 0 Å². The van der Waals surface area contributed by atoms with Gasteiger partial charge in [0.25, 0.3) is 5.69 Å². The van der Waals surface area contributed by atoms with E-state index in [9.17, 15) is 14.3 Å². The fraction of sp³-hybridized carbons (Fsp3) is 0.583. The summed E-state index contributed by atoms with van der Waals surface area (Å²) in [5.74, 6) is 0.517. The van der Waals surface area contributed by atoms with Crippen molar-refractivity contribution in [3.63, 3.8) is 0 Å². The third kappa shape index (κ3) is 4.36. The van der Waals surface area contributed by atoms with Gasteiger partial charge in [0.05, 0.1) is 16.4 Å². The van der Waals surface area contributed by atoms with Crippen LogP contribution in [0.5, 0.6) is 0 Å². The van der Waals surface area contributed by atoms with Crippen molar-refractivity contribution in [3.8, 4) is 0 Å². The minimum Gasteiger partial charge on any atom is -0.325 e. The van der Waals surface area contributed by atoms with Gasteiger partial charge in [0, 0.05) is 39.4 Å². The van der Waals surface area contributed by atoms with Crippen molar-refractivity contribution in [1.82, 2.24) is 4.98 Å². The molecule has 6 nitrogen and oxygen atoms in total. The number of hydrogen-bond donors (Lipinski definition) is 1. The zero-order chi connectivity index (χ0) is 14.8. The highest BCUT2D eigenvalue weighted by Gasteiger charge is 2.21. The van der Waals surface area contributed by atoms with Crippen LogP contribution in [0.1, 0.15) is 30.7 Å². The average Bonchev–Trinajstić information content (AvgIpc) is 2.19. The van der Waals surface area contributed by atoms with E-state index in [1.54, 1.807) is 27.7 Å². The first-order valence-electron chi connectivity index (χ1n) is 5.85. The van der Waals surface area contributed by atoms with Crippen LogP contribution in [-0.2, 0) is 16.6 Å². The summed E-state index contributed by atoms with van der Waals surface area (Å²) in [7, 11) is -1.19. The Kier molecular flexibility index (Phi) is 4.75. The fourth-order valence-electron chi connectivity index (χ4n) is 1.81. The molecule has 1 unspecified atom stereocenters. The number of nitrogens with two attached hydrogens (primary N) is 1.